The summed E-state index contributed by atoms with van der Waals surface area (Å²) in [5, 5.41) is 14.9. The Hall–Kier alpha value is -4.03. The zero-order valence-corrected chi connectivity index (χ0v) is 20.7. The Morgan fingerprint density at radius 1 is 1.28 bits per heavy atom. The molecule has 2 fully saturated rings. The first-order valence-electron chi connectivity index (χ1n) is 12.1. The van der Waals surface area contributed by atoms with E-state index in [0.717, 1.165) is 4.68 Å². The van der Waals surface area contributed by atoms with Crippen molar-refractivity contribution in [1.29, 1.82) is 0 Å². The average molecular weight is 546 g/mol. The maximum Gasteiger partial charge on any atom is 0.334 e. The highest BCUT2D eigenvalue weighted by Crippen LogP contribution is 2.37. The van der Waals surface area contributed by atoms with Crippen LogP contribution in [0.5, 0.6) is 5.88 Å². The summed E-state index contributed by atoms with van der Waals surface area (Å²) in [6.45, 7) is 6.80. The van der Waals surface area contributed by atoms with Crippen molar-refractivity contribution in [1.82, 2.24) is 34.5 Å². The van der Waals surface area contributed by atoms with Gasteiger partial charge in [0.25, 0.3) is 12.3 Å². The number of fused-ring (bicyclic) bond motifs is 2. The van der Waals surface area contributed by atoms with E-state index in [9.17, 15) is 8.78 Å². The summed E-state index contributed by atoms with van der Waals surface area (Å²) >= 11 is 0. The standard InChI is InChI=1S/C24H23F4N9O2/c1-29-23(12-39-13-23)35-7-6-18(24(27,28)11-35)30-22-31-21(38-2)20-15(5-8-36(20)33-22)14-3-4-16-17(9-14)37(34-32-16)10-19(25)26/h3-5,8-9,18-19H,6-7,10-13H2,2H3,(H,30,33)/t18-/m1/s1. The highest BCUT2D eigenvalue weighted by molar-refractivity contribution is 5.89. The second kappa shape index (κ2) is 9.31. The molecule has 2 aliphatic rings. The van der Waals surface area contributed by atoms with Gasteiger partial charge in [0.1, 0.15) is 30.8 Å². The number of piperidine rings is 1. The summed E-state index contributed by atoms with van der Waals surface area (Å²) in [5.74, 6) is -3.05. The second-order valence-corrected chi connectivity index (χ2v) is 9.59. The van der Waals surface area contributed by atoms with Crippen molar-refractivity contribution < 1.29 is 27.0 Å². The number of alkyl halides is 4. The van der Waals surface area contributed by atoms with Gasteiger partial charge in [0.15, 0.2) is 0 Å². The van der Waals surface area contributed by atoms with Gasteiger partial charge in [0.05, 0.1) is 25.2 Å². The van der Waals surface area contributed by atoms with Gasteiger partial charge in [-0.1, -0.05) is 11.3 Å². The van der Waals surface area contributed by atoms with Crippen molar-refractivity contribution in [3.63, 3.8) is 0 Å². The second-order valence-electron chi connectivity index (χ2n) is 9.59. The fourth-order valence-electron chi connectivity index (χ4n) is 5.06. The van der Waals surface area contributed by atoms with Crippen molar-refractivity contribution >= 4 is 22.5 Å². The number of hydrogen-bond acceptors (Lipinski definition) is 8. The number of halogens is 4. The lowest BCUT2D eigenvalue weighted by Crippen LogP contribution is -2.67. The molecule has 204 valence electrons. The van der Waals surface area contributed by atoms with E-state index in [1.165, 1.54) is 16.5 Å². The SMILES string of the molecule is [C-]#[N+]C1(N2CC[C@@H](Nc3nc(OC)c4c(-c5ccc6nnn(CC(F)F)c6c5)ccn4n3)C(F)(F)C2)COC1. The van der Waals surface area contributed by atoms with Crippen molar-refractivity contribution in [3.05, 3.63) is 41.9 Å². The van der Waals surface area contributed by atoms with Gasteiger partial charge in [0.2, 0.25) is 11.8 Å². The average Bonchev–Trinajstić information content (AvgIpc) is 3.48. The lowest BCUT2D eigenvalue weighted by atomic mass is 9.96. The predicted octanol–water partition coefficient (Wildman–Crippen LogP) is 3.18. The van der Waals surface area contributed by atoms with Crippen molar-refractivity contribution in [3.8, 4) is 17.0 Å². The van der Waals surface area contributed by atoms with Crippen LogP contribution in [0.25, 0.3) is 32.5 Å². The van der Waals surface area contributed by atoms with E-state index >= 15 is 8.78 Å². The molecule has 0 aliphatic carbocycles. The minimum absolute atomic E-state index is 0.0406. The van der Waals surface area contributed by atoms with Crippen LogP contribution >= 0.6 is 0 Å². The van der Waals surface area contributed by atoms with Crippen LogP contribution in [0.15, 0.2) is 30.5 Å². The maximum absolute atomic E-state index is 15.2. The largest absolute Gasteiger partial charge is 0.479 e. The summed E-state index contributed by atoms with van der Waals surface area (Å²) in [6.07, 6.45) is -0.880. The summed E-state index contributed by atoms with van der Waals surface area (Å²) in [7, 11) is 1.41. The fourth-order valence-corrected chi connectivity index (χ4v) is 5.06. The summed E-state index contributed by atoms with van der Waals surface area (Å²) in [4.78, 5) is 9.39. The van der Waals surface area contributed by atoms with Crippen molar-refractivity contribution in [2.75, 3.05) is 38.7 Å². The Labute approximate surface area is 219 Å². The fraction of sp³-hybridized carbons (Fsp3) is 0.458. The molecule has 39 heavy (non-hydrogen) atoms. The van der Waals surface area contributed by atoms with Gasteiger partial charge in [-0.05, 0) is 30.2 Å². The minimum Gasteiger partial charge on any atom is -0.479 e. The maximum atomic E-state index is 15.2. The number of nitrogens with zero attached hydrogens (tertiary/aromatic N) is 8. The number of likely N-dealkylation sites (tertiary alicyclic amines) is 1. The van der Waals surface area contributed by atoms with E-state index in [-0.39, 0.29) is 31.5 Å². The topological polar surface area (TPSA) is 99.0 Å². The van der Waals surface area contributed by atoms with Gasteiger partial charge in [-0.3, -0.25) is 4.85 Å². The van der Waals surface area contributed by atoms with Gasteiger partial charge >= 0.3 is 5.66 Å². The monoisotopic (exact) mass is 545 g/mol. The van der Waals surface area contributed by atoms with Crippen LogP contribution in [-0.4, -0.2) is 92.0 Å². The number of ether oxygens (including phenoxy) is 2. The third kappa shape index (κ3) is 4.29. The van der Waals surface area contributed by atoms with Crippen LogP contribution < -0.4 is 10.1 Å². The van der Waals surface area contributed by atoms with Gasteiger partial charge in [0, 0.05) is 18.3 Å². The van der Waals surface area contributed by atoms with Crippen LogP contribution in [0.3, 0.4) is 0 Å². The zero-order valence-electron chi connectivity index (χ0n) is 20.7. The first-order chi connectivity index (χ1) is 18.7. The number of aromatic nitrogens is 6. The predicted molar refractivity (Wildman–Crippen MR) is 131 cm³/mol. The number of methoxy groups -OCH3 is 1. The normalized spacial score (nSPS) is 20.7. The molecular formula is C24H23F4N9O2. The number of benzene rings is 1. The Balaban J connectivity index is 1.29. The molecule has 0 radical (unpaired) electrons. The van der Waals surface area contributed by atoms with Crippen LogP contribution in [0, 0.1) is 6.57 Å². The molecule has 2 aliphatic heterocycles. The summed E-state index contributed by atoms with van der Waals surface area (Å²) in [6, 6.07) is 5.63. The van der Waals surface area contributed by atoms with Crippen molar-refractivity contribution in [2.45, 2.75) is 37.0 Å². The van der Waals surface area contributed by atoms with Crippen LogP contribution in [0.2, 0.25) is 0 Å². The lowest BCUT2D eigenvalue weighted by molar-refractivity contribution is -0.163. The summed E-state index contributed by atoms with van der Waals surface area (Å²) in [5.41, 5.74) is 1.67. The molecular weight excluding hydrogens is 522 g/mol. The Morgan fingerprint density at radius 3 is 2.77 bits per heavy atom. The van der Waals surface area contributed by atoms with Gasteiger partial charge in [-0.25, -0.2) is 38.2 Å². The molecule has 0 unspecified atom stereocenters. The molecule has 1 N–H and O–H groups in total. The zero-order chi connectivity index (χ0) is 27.4. The third-order valence-corrected chi connectivity index (χ3v) is 7.17. The molecule has 3 aromatic heterocycles. The lowest BCUT2D eigenvalue weighted by Gasteiger charge is -2.45. The van der Waals surface area contributed by atoms with E-state index in [1.54, 1.807) is 30.5 Å². The first kappa shape index (κ1) is 25.3. The molecule has 4 aromatic rings. The molecule has 0 amide bonds. The number of anilines is 1. The van der Waals surface area contributed by atoms with E-state index in [1.807, 2.05) is 0 Å². The molecule has 0 bridgehead atoms. The van der Waals surface area contributed by atoms with E-state index < -0.39 is 37.1 Å². The molecule has 1 atom stereocenters. The third-order valence-electron chi connectivity index (χ3n) is 7.17. The highest BCUT2D eigenvalue weighted by atomic mass is 19.3. The van der Waals surface area contributed by atoms with E-state index in [0.29, 0.717) is 34.2 Å². The Kier molecular flexibility index (Phi) is 6.03. The van der Waals surface area contributed by atoms with Gasteiger partial charge in [-0.2, -0.15) is 4.98 Å². The Morgan fingerprint density at radius 2 is 2.10 bits per heavy atom. The summed E-state index contributed by atoms with van der Waals surface area (Å²) < 4.78 is 69.5. The first-order valence-corrected chi connectivity index (χ1v) is 12.1. The van der Waals surface area contributed by atoms with Gasteiger partial charge < -0.3 is 14.8 Å². The smallest absolute Gasteiger partial charge is 0.334 e. The minimum atomic E-state index is -3.15. The molecule has 0 spiro atoms. The van der Waals surface area contributed by atoms with Crippen molar-refractivity contribution in [2.24, 2.45) is 0 Å². The highest BCUT2D eigenvalue weighted by Gasteiger charge is 2.57. The van der Waals surface area contributed by atoms with E-state index in [4.69, 9.17) is 16.0 Å². The number of nitrogens with one attached hydrogen (secondary N) is 1. The molecule has 5 heterocycles. The van der Waals surface area contributed by atoms with Crippen LogP contribution in [0.1, 0.15) is 6.42 Å². The molecule has 2 saturated heterocycles. The molecule has 11 nitrogen and oxygen atoms in total. The Bertz CT molecular complexity index is 1580. The molecule has 6 rings (SSSR count). The molecule has 15 heteroatoms. The van der Waals surface area contributed by atoms with Gasteiger partial charge in [-0.15, -0.1) is 10.2 Å². The van der Waals surface area contributed by atoms with E-state index in [2.05, 4.69) is 30.6 Å². The van der Waals surface area contributed by atoms with Crippen LogP contribution in [-0.2, 0) is 11.3 Å². The molecule has 0 saturated carbocycles. The number of hydrogen-bond donors (Lipinski definition) is 1. The number of rotatable bonds is 7. The molecule has 1 aromatic carbocycles. The van der Waals surface area contributed by atoms with Crippen LogP contribution in [0.4, 0.5) is 23.5 Å². The quantitative estimate of drug-likeness (QED) is 0.279.